The molecular weight excluding hydrogens is 316 g/mol. The lowest BCUT2D eigenvalue weighted by atomic mass is 10.1. The number of carbonyl (C=O) groups excluding carboxylic acids is 1. The summed E-state index contributed by atoms with van der Waals surface area (Å²) in [6.45, 7) is 5.05. The number of hydrogen-bond donors (Lipinski definition) is 1. The van der Waals surface area contributed by atoms with E-state index in [1.54, 1.807) is 6.26 Å². The SMILES string of the molecule is Cc1cc(C(=O)NC2COc3ccccc32)c(C)n1Cc1ccco1. The predicted octanol–water partition coefficient (Wildman–Crippen LogP) is 3.61. The Labute approximate surface area is 146 Å². The smallest absolute Gasteiger partial charge is 0.253 e. The zero-order chi connectivity index (χ0) is 17.4. The zero-order valence-corrected chi connectivity index (χ0v) is 14.3. The molecule has 1 N–H and O–H groups in total. The molecule has 25 heavy (non-hydrogen) atoms. The highest BCUT2D eigenvalue weighted by Gasteiger charge is 2.26. The van der Waals surface area contributed by atoms with Gasteiger partial charge in [0.05, 0.1) is 24.4 Å². The van der Waals surface area contributed by atoms with E-state index in [9.17, 15) is 4.79 Å². The number of nitrogens with zero attached hydrogens (tertiary/aromatic N) is 1. The van der Waals surface area contributed by atoms with Crippen LogP contribution in [0.25, 0.3) is 0 Å². The van der Waals surface area contributed by atoms with Crippen molar-refractivity contribution in [3.8, 4) is 5.75 Å². The number of aryl methyl sites for hydroxylation is 1. The third-order valence-electron chi connectivity index (χ3n) is 4.72. The van der Waals surface area contributed by atoms with Gasteiger partial charge in [-0.2, -0.15) is 0 Å². The number of para-hydroxylation sites is 1. The third kappa shape index (κ3) is 2.82. The van der Waals surface area contributed by atoms with Crippen molar-refractivity contribution in [3.05, 3.63) is 77.0 Å². The van der Waals surface area contributed by atoms with Crippen molar-refractivity contribution in [2.75, 3.05) is 6.61 Å². The lowest BCUT2D eigenvalue weighted by Gasteiger charge is -2.12. The Morgan fingerprint density at radius 1 is 1.24 bits per heavy atom. The minimum atomic E-state index is -0.114. The Balaban J connectivity index is 1.55. The van der Waals surface area contributed by atoms with Gasteiger partial charge in [-0.15, -0.1) is 0 Å². The summed E-state index contributed by atoms with van der Waals surface area (Å²) in [5, 5.41) is 3.09. The highest BCUT2D eigenvalue weighted by Crippen LogP contribution is 2.32. The standard InChI is InChI=1S/C20H20N2O3/c1-13-10-17(14(2)22(13)11-15-6-5-9-24-15)20(23)21-18-12-25-19-8-4-3-7-16(18)19/h3-10,18H,11-12H2,1-2H3,(H,21,23). The second-order valence-electron chi connectivity index (χ2n) is 6.33. The van der Waals surface area contributed by atoms with Gasteiger partial charge in [0, 0.05) is 17.0 Å². The normalized spacial score (nSPS) is 15.7. The fourth-order valence-corrected chi connectivity index (χ4v) is 3.35. The monoisotopic (exact) mass is 336 g/mol. The van der Waals surface area contributed by atoms with Gasteiger partial charge in [-0.3, -0.25) is 4.79 Å². The van der Waals surface area contributed by atoms with E-state index in [-0.39, 0.29) is 11.9 Å². The molecule has 128 valence electrons. The van der Waals surface area contributed by atoms with E-state index >= 15 is 0 Å². The largest absolute Gasteiger partial charge is 0.491 e. The predicted molar refractivity (Wildman–Crippen MR) is 93.9 cm³/mol. The molecule has 1 amide bonds. The van der Waals surface area contributed by atoms with Crippen LogP contribution in [0.15, 0.2) is 53.1 Å². The van der Waals surface area contributed by atoms with Crippen LogP contribution in [-0.2, 0) is 6.54 Å². The van der Waals surface area contributed by atoms with Crippen LogP contribution < -0.4 is 10.1 Å². The number of fused-ring (bicyclic) bond motifs is 1. The highest BCUT2D eigenvalue weighted by atomic mass is 16.5. The molecule has 0 spiro atoms. The molecule has 3 heterocycles. The average molecular weight is 336 g/mol. The molecule has 0 radical (unpaired) electrons. The van der Waals surface area contributed by atoms with Gasteiger partial charge < -0.3 is 19.0 Å². The second kappa shape index (κ2) is 6.16. The summed E-state index contributed by atoms with van der Waals surface area (Å²) < 4.78 is 13.2. The molecule has 5 heteroatoms. The van der Waals surface area contributed by atoms with Gasteiger partial charge in [0.1, 0.15) is 18.1 Å². The Kier molecular flexibility index (Phi) is 3.84. The van der Waals surface area contributed by atoms with Gasteiger partial charge in [0.25, 0.3) is 5.91 Å². The van der Waals surface area contributed by atoms with E-state index in [1.165, 1.54) is 0 Å². The minimum absolute atomic E-state index is 0.0795. The first-order chi connectivity index (χ1) is 12.1. The van der Waals surface area contributed by atoms with Crippen molar-refractivity contribution in [2.45, 2.75) is 26.4 Å². The van der Waals surface area contributed by atoms with Gasteiger partial charge in [0.15, 0.2) is 0 Å². The molecule has 0 aliphatic carbocycles. The summed E-state index contributed by atoms with van der Waals surface area (Å²) in [5.41, 5.74) is 3.68. The first kappa shape index (κ1) is 15.6. The molecule has 5 nitrogen and oxygen atoms in total. The number of ether oxygens (including phenoxy) is 1. The Morgan fingerprint density at radius 2 is 2.08 bits per heavy atom. The number of carbonyl (C=O) groups is 1. The Bertz CT molecular complexity index is 909. The molecule has 1 aromatic carbocycles. The number of rotatable bonds is 4. The fourth-order valence-electron chi connectivity index (χ4n) is 3.35. The maximum absolute atomic E-state index is 12.8. The summed E-state index contributed by atoms with van der Waals surface area (Å²) >= 11 is 0. The number of amides is 1. The van der Waals surface area contributed by atoms with Crippen LogP contribution in [0.2, 0.25) is 0 Å². The van der Waals surface area contributed by atoms with Gasteiger partial charge >= 0.3 is 0 Å². The number of hydrogen-bond acceptors (Lipinski definition) is 3. The molecule has 0 bridgehead atoms. The van der Waals surface area contributed by atoms with E-state index in [0.717, 1.165) is 28.5 Å². The third-order valence-corrected chi connectivity index (χ3v) is 4.72. The van der Waals surface area contributed by atoms with E-state index in [1.807, 2.05) is 56.3 Å². The van der Waals surface area contributed by atoms with Gasteiger partial charge in [-0.05, 0) is 38.1 Å². The molecule has 1 unspecified atom stereocenters. The second-order valence-corrected chi connectivity index (χ2v) is 6.33. The van der Waals surface area contributed by atoms with Crippen molar-refractivity contribution >= 4 is 5.91 Å². The summed E-state index contributed by atoms with van der Waals surface area (Å²) in [7, 11) is 0. The number of furan rings is 1. The number of benzene rings is 1. The molecule has 1 aliphatic rings. The van der Waals surface area contributed by atoms with Gasteiger partial charge in [0.2, 0.25) is 0 Å². The summed E-state index contributed by atoms with van der Waals surface area (Å²) in [6, 6.07) is 13.4. The van der Waals surface area contributed by atoms with Crippen LogP contribution in [0.3, 0.4) is 0 Å². The minimum Gasteiger partial charge on any atom is -0.491 e. The fraction of sp³-hybridized carbons (Fsp3) is 0.250. The van der Waals surface area contributed by atoms with Crippen LogP contribution in [-0.4, -0.2) is 17.1 Å². The van der Waals surface area contributed by atoms with Crippen LogP contribution in [0.1, 0.15) is 39.1 Å². The van der Waals surface area contributed by atoms with E-state index in [0.29, 0.717) is 18.7 Å². The summed E-state index contributed by atoms with van der Waals surface area (Å²) in [4.78, 5) is 12.8. The Morgan fingerprint density at radius 3 is 2.88 bits per heavy atom. The number of nitrogens with one attached hydrogen (secondary N) is 1. The quantitative estimate of drug-likeness (QED) is 0.792. The van der Waals surface area contributed by atoms with Crippen molar-refractivity contribution in [1.82, 2.24) is 9.88 Å². The zero-order valence-electron chi connectivity index (χ0n) is 14.3. The lowest BCUT2D eigenvalue weighted by Crippen LogP contribution is -2.29. The summed E-state index contributed by atoms with van der Waals surface area (Å²) in [6.07, 6.45) is 1.66. The average Bonchev–Trinajstić information content (AvgIpc) is 3.32. The van der Waals surface area contributed by atoms with Crippen molar-refractivity contribution in [3.63, 3.8) is 0 Å². The van der Waals surface area contributed by atoms with Crippen LogP contribution >= 0.6 is 0 Å². The van der Waals surface area contributed by atoms with Crippen molar-refractivity contribution in [2.24, 2.45) is 0 Å². The molecule has 0 fully saturated rings. The maximum Gasteiger partial charge on any atom is 0.253 e. The van der Waals surface area contributed by atoms with E-state index < -0.39 is 0 Å². The maximum atomic E-state index is 12.8. The molecule has 1 atom stereocenters. The highest BCUT2D eigenvalue weighted by molar-refractivity contribution is 5.96. The first-order valence-corrected chi connectivity index (χ1v) is 8.35. The lowest BCUT2D eigenvalue weighted by molar-refractivity contribution is 0.0929. The van der Waals surface area contributed by atoms with Crippen molar-refractivity contribution < 1.29 is 13.9 Å². The van der Waals surface area contributed by atoms with Gasteiger partial charge in [-0.1, -0.05) is 18.2 Å². The molecular formula is C20H20N2O3. The molecule has 4 rings (SSSR count). The van der Waals surface area contributed by atoms with Crippen molar-refractivity contribution in [1.29, 1.82) is 0 Å². The molecule has 0 saturated heterocycles. The van der Waals surface area contributed by atoms with Crippen LogP contribution in [0.5, 0.6) is 5.75 Å². The summed E-state index contributed by atoms with van der Waals surface area (Å²) in [5.74, 6) is 1.63. The van der Waals surface area contributed by atoms with E-state index in [2.05, 4.69) is 9.88 Å². The first-order valence-electron chi connectivity index (χ1n) is 8.35. The van der Waals surface area contributed by atoms with Crippen LogP contribution in [0.4, 0.5) is 0 Å². The molecule has 0 saturated carbocycles. The van der Waals surface area contributed by atoms with E-state index in [4.69, 9.17) is 9.15 Å². The molecule has 3 aromatic rings. The topological polar surface area (TPSA) is 56.4 Å². The van der Waals surface area contributed by atoms with Crippen LogP contribution in [0, 0.1) is 13.8 Å². The van der Waals surface area contributed by atoms with Gasteiger partial charge in [-0.25, -0.2) is 0 Å². The Hall–Kier alpha value is -2.95. The molecule has 1 aliphatic heterocycles. The molecule has 2 aromatic heterocycles. The number of aromatic nitrogens is 1.